The molecule has 5 aliphatic rings. The Morgan fingerprint density at radius 1 is 0.792 bits per heavy atom. The Balaban J connectivity index is 1.48. The van der Waals surface area contributed by atoms with Crippen molar-refractivity contribution in [2.75, 3.05) is 6.61 Å². The van der Waals surface area contributed by atoms with Crippen molar-refractivity contribution < 1.29 is 4.74 Å². The molecule has 1 saturated heterocycles. The van der Waals surface area contributed by atoms with Gasteiger partial charge in [-0.25, -0.2) is 0 Å². The van der Waals surface area contributed by atoms with Gasteiger partial charge >= 0.3 is 0 Å². The van der Waals surface area contributed by atoms with Crippen LogP contribution in [0.25, 0.3) is 0 Å². The van der Waals surface area contributed by atoms with Crippen molar-refractivity contribution in [3.63, 3.8) is 0 Å². The van der Waals surface area contributed by atoms with E-state index in [0.29, 0.717) is 10.8 Å². The smallest absolute Gasteiger partial charge is 0.0764 e. The van der Waals surface area contributed by atoms with E-state index >= 15 is 0 Å². The standard InChI is InChI=1S/C23H38O/c1-16-11-15-24-23(16)14-10-20-18-8-7-17-6-4-5-12-21(17,2)19(18)9-13-22(20,23)3/h16-20H,4-15H2,1-3H3/t16-,17?,18-,19+,20+,21+,22+,23+/m1/s1. The predicted molar refractivity (Wildman–Crippen MR) is 98.8 cm³/mol. The van der Waals surface area contributed by atoms with Gasteiger partial charge in [0, 0.05) is 6.61 Å². The third kappa shape index (κ3) is 1.81. The second kappa shape index (κ2) is 5.24. The van der Waals surface area contributed by atoms with Gasteiger partial charge in [-0.1, -0.05) is 33.6 Å². The molecule has 4 saturated carbocycles. The summed E-state index contributed by atoms with van der Waals surface area (Å²) in [7, 11) is 0. The fourth-order valence-corrected chi connectivity index (χ4v) is 9.17. The molecule has 8 atom stereocenters. The molecule has 0 amide bonds. The van der Waals surface area contributed by atoms with E-state index in [9.17, 15) is 0 Å². The van der Waals surface area contributed by atoms with E-state index in [1.807, 2.05) is 0 Å². The highest BCUT2D eigenvalue weighted by atomic mass is 16.5. The van der Waals surface area contributed by atoms with E-state index in [1.54, 1.807) is 0 Å². The van der Waals surface area contributed by atoms with Crippen LogP contribution in [-0.4, -0.2) is 12.2 Å². The van der Waals surface area contributed by atoms with Gasteiger partial charge in [0.15, 0.2) is 0 Å². The van der Waals surface area contributed by atoms with Crippen LogP contribution in [0.1, 0.15) is 91.4 Å². The van der Waals surface area contributed by atoms with Crippen LogP contribution in [0.2, 0.25) is 0 Å². The van der Waals surface area contributed by atoms with Crippen molar-refractivity contribution in [1.82, 2.24) is 0 Å². The van der Waals surface area contributed by atoms with Crippen molar-refractivity contribution in [2.45, 2.75) is 97.0 Å². The van der Waals surface area contributed by atoms with Crippen LogP contribution in [0.15, 0.2) is 0 Å². The van der Waals surface area contributed by atoms with Gasteiger partial charge in [-0.3, -0.25) is 0 Å². The van der Waals surface area contributed by atoms with Crippen LogP contribution in [0.4, 0.5) is 0 Å². The molecule has 5 rings (SSSR count). The third-order valence-corrected chi connectivity index (χ3v) is 10.5. The van der Waals surface area contributed by atoms with Gasteiger partial charge in [-0.05, 0) is 98.2 Å². The predicted octanol–water partition coefficient (Wildman–Crippen LogP) is 6.21. The Kier molecular flexibility index (Phi) is 3.53. The summed E-state index contributed by atoms with van der Waals surface area (Å²) in [6.07, 6.45) is 16.2. The summed E-state index contributed by atoms with van der Waals surface area (Å²) >= 11 is 0. The first-order valence-corrected chi connectivity index (χ1v) is 11.2. The largest absolute Gasteiger partial charge is 0.374 e. The van der Waals surface area contributed by atoms with E-state index in [1.165, 1.54) is 70.6 Å². The van der Waals surface area contributed by atoms with Gasteiger partial charge in [-0.2, -0.15) is 0 Å². The van der Waals surface area contributed by atoms with E-state index in [2.05, 4.69) is 20.8 Å². The second-order valence-electron chi connectivity index (χ2n) is 10.8. The molecule has 24 heavy (non-hydrogen) atoms. The molecule has 1 nitrogen and oxygen atoms in total. The van der Waals surface area contributed by atoms with Crippen LogP contribution in [0.3, 0.4) is 0 Å². The Morgan fingerprint density at radius 2 is 1.62 bits per heavy atom. The summed E-state index contributed by atoms with van der Waals surface area (Å²) < 4.78 is 6.60. The van der Waals surface area contributed by atoms with Crippen LogP contribution >= 0.6 is 0 Å². The first-order chi connectivity index (χ1) is 11.5. The molecule has 0 aromatic heterocycles. The van der Waals surface area contributed by atoms with Gasteiger partial charge in [0.2, 0.25) is 0 Å². The first-order valence-electron chi connectivity index (χ1n) is 11.2. The van der Waals surface area contributed by atoms with Crippen LogP contribution in [0, 0.1) is 40.4 Å². The van der Waals surface area contributed by atoms with Crippen molar-refractivity contribution in [2.24, 2.45) is 40.4 Å². The zero-order valence-corrected chi connectivity index (χ0v) is 16.3. The quantitative estimate of drug-likeness (QED) is 0.512. The Labute approximate surface area is 149 Å². The molecule has 4 aliphatic carbocycles. The molecule has 1 spiro atoms. The van der Waals surface area contributed by atoms with E-state index < -0.39 is 0 Å². The van der Waals surface area contributed by atoms with Crippen LogP contribution in [0.5, 0.6) is 0 Å². The molecule has 0 radical (unpaired) electrons. The van der Waals surface area contributed by atoms with Crippen molar-refractivity contribution in [3.05, 3.63) is 0 Å². The monoisotopic (exact) mass is 330 g/mol. The lowest BCUT2D eigenvalue weighted by atomic mass is 9.44. The maximum atomic E-state index is 6.60. The molecule has 0 N–H and O–H groups in total. The zero-order valence-electron chi connectivity index (χ0n) is 16.3. The molecular weight excluding hydrogens is 292 g/mol. The molecule has 0 bridgehead atoms. The third-order valence-electron chi connectivity index (χ3n) is 10.5. The van der Waals surface area contributed by atoms with E-state index in [-0.39, 0.29) is 5.60 Å². The minimum atomic E-state index is 0.243. The number of hydrogen-bond acceptors (Lipinski definition) is 1. The second-order valence-corrected chi connectivity index (χ2v) is 10.8. The minimum absolute atomic E-state index is 0.243. The van der Waals surface area contributed by atoms with Crippen molar-refractivity contribution in [3.8, 4) is 0 Å². The summed E-state index contributed by atoms with van der Waals surface area (Å²) in [6, 6.07) is 0. The maximum absolute atomic E-state index is 6.60. The summed E-state index contributed by atoms with van der Waals surface area (Å²) in [5.74, 6) is 4.83. The number of hydrogen-bond donors (Lipinski definition) is 0. The van der Waals surface area contributed by atoms with Gasteiger partial charge in [0.25, 0.3) is 0 Å². The van der Waals surface area contributed by atoms with Gasteiger partial charge in [-0.15, -0.1) is 0 Å². The summed E-state index contributed by atoms with van der Waals surface area (Å²) in [6.45, 7) is 8.87. The molecule has 136 valence electrons. The lowest BCUT2D eigenvalue weighted by Crippen LogP contribution is -2.57. The van der Waals surface area contributed by atoms with Crippen LogP contribution in [-0.2, 0) is 4.74 Å². The van der Waals surface area contributed by atoms with Crippen molar-refractivity contribution >= 4 is 0 Å². The number of rotatable bonds is 0. The minimum Gasteiger partial charge on any atom is -0.374 e. The van der Waals surface area contributed by atoms with E-state index in [0.717, 1.165) is 36.2 Å². The Morgan fingerprint density at radius 3 is 2.42 bits per heavy atom. The number of ether oxygens (including phenoxy) is 1. The molecule has 5 fully saturated rings. The first kappa shape index (κ1) is 16.2. The number of fused-ring (bicyclic) bond motifs is 6. The zero-order chi connectivity index (χ0) is 16.6. The lowest BCUT2D eigenvalue weighted by Gasteiger charge is -2.61. The fraction of sp³-hybridized carbons (Fsp3) is 1.00. The van der Waals surface area contributed by atoms with Crippen LogP contribution < -0.4 is 0 Å². The normalized spacial score (nSPS) is 59.9. The van der Waals surface area contributed by atoms with Gasteiger partial charge < -0.3 is 4.74 Å². The SMILES string of the molecule is C[C@@H]1CCO[C@@]12CC[C@H]1[C@@H]3CCC4CCCC[C@]4(C)[C@H]3CC[C@@]12C. The Hall–Kier alpha value is -0.0400. The molecular formula is C23H38O. The average Bonchev–Trinajstić information content (AvgIpc) is 3.09. The van der Waals surface area contributed by atoms with Gasteiger partial charge in [0.1, 0.15) is 0 Å². The molecule has 1 heteroatoms. The molecule has 0 aromatic carbocycles. The molecule has 0 aromatic rings. The summed E-state index contributed by atoms with van der Waals surface area (Å²) in [5.41, 5.74) is 1.40. The summed E-state index contributed by atoms with van der Waals surface area (Å²) in [5, 5.41) is 0. The average molecular weight is 331 g/mol. The highest BCUT2D eigenvalue weighted by Gasteiger charge is 2.67. The van der Waals surface area contributed by atoms with Gasteiger partial charge in [0.05, 0.1) is 5.60 Å². The molecule has 1 unspecified atom stereocenters. The van der Waals surface area contributed by atoms with E-state index in [4.69, 9.17) is 4.74 Å². The maximum Gasteiger partial charge on any atom is 0.0764 e. The lowest BCUT2D eigenvalue weighted by molar-refractivity contribution is -0.165. The highest BCUT2D eigenvalue weighted by molar-refractivity contribution is 5.16. The highest BCUT2D eigenvalue weighted by Crippen LogP contribution is 2.70. The van der Waals surface area contributed by atoms with Crippen molar-refractivity contribution in [1.29, 1.82) is 0 Å². The molecule has 1 aliphatic heterocycles. The molecule has 1 heterocycles. The summed E-state index contributed by atoms with van der Waals surface area (Å²) in [4.78, 5) is 0. The Bertz CT molecular complexity index is 514. The fourth-order valence-electron chi connectivity index (χ4n) is 9.17. The topological polar surface area (TPSA) is 9.23 Å².